The Labute approximate surface area is 75.0 Å². The van der Waals surface area contributed by atoms with Gasteiger partial charge in [0.1, 0.15) is 0 Å². The second kappa shape index (κ2) is 4.30. The van der Waals surface area contributed by atoms with Crippen LogP contribution < -0.4 is 5.73 Å². The van der Waals surface area contributed by atoms with Gasteiger partial charge in [0.15, 0.2) is 11.6 Å². The first-order valence-electron chi connectivity index (χ1n) is 3.94. The van der Waals surface area contributed by atoms with Crippen LogP contribution in [0.5, 0.6) is 0 Å². The molecule has 1 unspecified atom stereocenters. The Hall–Kier alpha value is -1.00. The van der Waals surface area contributed by atoms with Gasteiger partial charge in [0, 0.05) is 6.04 Å². The molecule has 0 saturated carbocycles. The second-order valence-electron chi connectivity index (χ2n) is 2.90. The highest BCUT2D eigenvalue weighted by Crippen LogP contribution is 2.09. The Morgan fingerprint density at radius 1 is 1.31 bits per heavy atom. The lowest BCUT2D eigenvalue weighted by Gasteiger charge is -2.07. The molecule has 1 atom stereocenters. The minimum atomic E-state index is -0.886. The number of nitrogens with two attached hydrogens (primary N) is 1. The molecule has 0 bridgehead atoms. The molecule has 72 valence electrons. The molecular weight excluding hydrogens is 176 g/mol. The van der Waals surface area contributed by atoms with Crippen molar-refractivity contribution in [3.63, 3.8) is 0 Å². The minimum Gasteiger partial charge on any atom is -0.395 e. The predicted molar refractivity (Wildman–Crippen MR) is 45.1 cm³/mol. The summed E-state index contributed by atoms with van der Waals surface area (Å²) in [7, 11) is 0. The van der Waals surface area contributed by atoms with Crippen LogP contribution in [-0.2, 0) is 6.42 Å². The van der Waals surface area contributed by atoms with E-state index in [2.05, 4.69) is 0 Å². The van der Waals surface area contributed by atoms with Crippen molar-refractivity contribution in [1.29, 1.82) is 0 Å². The third-order valence-electron chi connectivity index (χ3n) is 1.72. The Kier molecular flexibility index (Phi) is 3.33. The molecule has 0 aliphatic heterocycles. The Morgan fingerprint density at radius 3 is 2.54 bits per heavy atom. The fraction of sp³-hybridized carbons (Fsp3) is 0.333. The van der Waals surface area contributed by atoms with Gasteiger partial charge in [-0.25, -0.2) is 8.78 Å². The lowest BCUT2D eigenvalue weighted by Crippen LogP contribution is -2.26. The van der Waals surface area contributed by atoms with E-state index in [1.54, 1.807) is 0 Å². The Bertz CT molecular complexity index is 291. The zero-order chi connectivity index (χ0) is 9.84. The number of benzene rings is 1. The largest absolute Gasteiger partial charge is 0.395 e. The number of rotatable bonds is 3. The maximum atomic E-state index is 12.7. The average Bonchev–Trinajstić information content (AvgIpc) is 2.11. The quantitative estimate of drug-likeness (QED) is 0.736. The third-order valence-corrected chi connectivity index (χ3v) is 1.72. The van der Waals surface area contributed by atoms with Crippen molar-refractivity contribution >= 4 is 0 Å². The molecule has 0 radical (unpaired) electrons. The first kappa shape index (κ1) is 10.1. The molecule has 0 aromatic heterocycles. The van der Waals surface area contributed by atoms with E-state index < -0.39 is 17.7 Å². The van der Waals surface area contributed by atoms with Gasteiger partial charge in [0.25, 0.3) is 0 Å². The molecular formula is C9H11F2NO. The fourth-order valence-corrected chi connectivity index (χ4v) is 1.03. The number of aliphatic hydroxyl groups excluding tert-OH is 1. The molecule has 1 rings (SSSR count). The van der Waals surface area contributed by atoms with Crippen LogP contribution in [0.1, 0.15) is 5.56 Å². The van der Waals surface area contributed by atoms with E-state index in [0.717, 1.165) is 12.1 Å². The van der Waals surface area contributed by atoms with E-state index in [1.807, 2.05) is 0 Å². The molecule has 0 spiro atoms. The van der Waals surface area contributed by atoms with Crippen LogP contribution in [-0.4, -0.2) is 17.8 Å². The molecule has 0 heterocycles. The predicted octanol–water partition coefficient (Wildman–Crippen LogP) is 0.827. The van der Waals surface area contributed by atoms with Crippen LogP contribution >= 0.6 is 0 Å². The van der Waals surface area contributed by atoms with Gasteiger partial charge in [-0.1, -0.05) is 6.07 Å². The molecule has 0 amide bonds. The van der Waals surface area contributed by atoms with E-state index in [-0.39, 0.29) is 6.61 Å². The van der Waals surface area contributed by atoms with Crippen LogP contribution in [0.25, 0.3) is 0 Å². The van der Waals surface area contributed by atoms with Crippen molar-refractivity contribution in [2.45, 2.75) is 12.5 Å². The van der Waals surface area contributed by atoms with Crippen LogP contribution in [0.2, 0.25) is 0 Å². The van der Waals surface area contributed by atoms with Gasteiger partial charge in [-0.05, 0) is 24.1 Å². The van der Waals surface area contributed by atoms with Gasteiger partial charge in [0.05, 0.1) is 6.61 Å². The van der Waals surface area contributed by atoms with Crippen molar-refractivity contribution in [3.05, 3.63) is 35.4 Å². The summed E-state index contributed by atoms with van der Waals surface area (Å²) in [6, 6.07) is 3.16. The molecule has 13 heavy (non-hydrogen) atoms. The van der Waals surface area contributed by atoms with E-state index in [4.69, 9.17) is 10.8 Å². The zero-order valence-electron chi connectivity index (χ0n) is 7.00. The fourth-order valence-electron chi connectivity index (χ4n) is 1.03. The van der Waals surface area contributed by atoms with Crippen molar-refractivity contribution in [1.82, 2.24) is 0 Å². The molecule has 3 N–H and O–H groups in total. The van der Waals surface area contributed by atoms with E-state index in [9.17, 15) is 8.78 Å². The molecule has 4 heteroatoms. The first-order chi connectivity index (χ1) is 6.13. The third kappa shape index (κ3) is 2.75. The number of hydrogen-bond acceptors (Lipinski definition) is 2. The topological polar surface area (TPSA) is 46.2 Å². The highest BCUT2D eigenvalue weighted by atomic mass is 19.2. The van der Waals surface area contributed by atoms with Gasteiger partial charge in [-0.3, -0.25) is 0 Å². The number of hydrogen-bond donors (Lipinski definition) is 2. The Morgan fingerprint density at radius 2 is 2.00 bits per heavy atom. The highest BCUT2D eigenvalue weighted by molar-refractivity contribution is 5.18. The van der Waals surface area contributed by atoms with Crippen molar-refractivity contribution in [2.24, 2.45) is 5.73 Å². The molecule has 0 saturated heterocycles. The lowest BCUT2D eigenvalue weighted by molar-refractivity contribution is 0.265. The zero-order valence-corrected chi connectivity index (χ0v) is 7.00. The summed E-state index contributed by atoms with van der Waals surface area (Å²) in [5.74, 6) is -1.76. The smallest absolute Gasteiger partial charge is 0.159 e. The van der Waals surface area contributed by atoms with E-state index in [0.29, 0.717) is 12.0 Å². The van der Waals surface area contributed by atoms with Gasteiger partial charge in [-0.2, -0.15) is 0 Å². The van der Waals surface area contributed by atoms with E-state index >= 15 is 0 Å². The maximum Gasteiger partial charge on any atom is 0.159 e. The van der Waals surface area contributed by atoms with Crippen LogP contribution in [0.3, 0.4) is 0 Å². The van der Waals surface area contributed by atoms with Crippen LogP contribution in [0, 0.1) is 11.6 Å². The monoisotopic (exact) mass is 187 g/mol. The minimum absolute atomic E-state index is 0.168. The van der Waals surface area contributed by atoms with Crippen molar-refractivity contribution in [3.8, 4) is 0 Å². The van der Waals surface area contributed by atoms with Gasteiger partial charge < -0.3 is 10.8 Å². The molecule has 2 nitrogen and oxygen atoms in total. The standard InChI is InChI=1S/C9H11F2NO/c10-8-2-1-6(4-9(8)11)3-7(12)5-13/h1-2,4,7,13H,3,5,12H2. The summed E-state index contributed by atoms with van der Waals surface area (Å²) in [5.41, 5.74) is 6.01. The van der Waals surface area contributed by atoms with Gasteiger partial charge in [-0.15, -0.1) is 0 Å². The summed E-state index contributed by atoms with van der Waals surface area (Å²) in [5, 5.41) is 8.63. The maximum absolute atomic E-state index is 12.7. The number of aliphatic hydroxyl groups is 1. The molecule has 0 fully saturated rings. The van der Waals surface area contributed by atoms with Crippen LogP contribution in [0.15, 0.2) is 18.2 Å². The highest BCUT2D eigenvalue weighted by Gasteiger charge is 2.05. The average molecular weight is 187 g/mol. The van der Waals surface area contributed by atoms with Gasteiger partial charge in [0.2, 0.25) is 0 Å². The first-order valence-corrected chi connectivity index (χ1v) is 3.94. The summed E-state index contributed by atoms with van der Waals surface area (Å²) in [6.45, 7) is -0.168. The van der Waals surface area contributed by atoms with E-state index in [1.165, 1.54) is 6.07 Å². The number of halogens is 2. The molecule has 1 aromatic carbocycles. The molecule has 0 aliphatic rings. The summed E-state index contributed by atoms with van der Waals surface area (Å²) < 4.78 is 25.1. The van der Waals surface area contributed by atoms with Gasteiger partial charge >= 0.3 is 0 Å². The summed E-state index contributed by atoms with van der Waals surface area (Å²) in [6.07, 6.45) is 0.341. The normalized spacial score (nSPS) is 12.9. The lowest BCUT2D eigenvalue weighted by atomic mass is 10.1. The van der Waals surface area contributed by atoms with Crippen molar-refractivity contribution in [2.75, 3.05) is 6.61 Å². The summed E-state index contributed by atoms with van der Waals surface area (Å²) >= 11 is 0. The Balaban J connectivity index is 2.73. The van der Waals surface area contributed by atoms with Crippen LogP contribution in [0.4, 0.5) is 8.78 Å². The molecule has 1 aromatic rings. The van der Waals surface area contributed by atoms with Crippen molar-refractivity contribution < 1.29 is 13.9 Å². The SMILES string of the molecule is NC(CO)Cc1ccc(F)c(F)c1. The summed E-state index contributed by atoms with van der Waals surface area (Å²) in [4.78, 5) is 0. The second-order valence-corrected chi connectivity index (χ2v) is 2.90. The molecule has 0 aliphatic carbocycles.